The summed E-state index contributed by atoms with van der Waals surface area (Å²) >= 11 is 0. The third-order valence-electron chi connectivity index (χ3n) is 4.25. The molecule has 1 fully saturated rings. The lowest BCUT2D eigenvalue weighted by Crippen LogP contribution is -2.26. The lowest BCUT2D eigenvalue weighted by atomic mass is 10.0. The maximum Gasteiger partial charge on any atom is 0.225 e. The van der Waals surface area contributed by atoms with Crippen LogP contribution in [0.2, 0.25) is 0 Å². The van der Waals surface area contributed by atoms with E-state index < -0.39 is 0 Å². The van der Waals surface area contributed by atoms with Gasteiger partial charge < -0.3 is 20.7 Å². The Labute approximate surface area is 126 Å². The largest absolute Gasteiger partial charge is 0.497 e. The van der Waals surface area contributed by atoms with Crippen LogP contribution in [0.25, 0.3) is 0 Å². The van der Waals surface area contributed by atoms with E-state index in [9.17, 15) is 4.79 Å². The molecule has 2 unspecified atom stereocenters. The van der Waals surface area contributed by atoms with Crippen molar-refractivity contribution < 1.29 is 9.53 Å². The number of likely N-dealkylation sites (tertiary alicyclic amines) is 1. The number of amides is 1. The molecular formula is C16H25N3O2. The fourth-order valence-electron chi connectivity index (χ4n) is 2.69. The van der Waals surface area contributed by atoms with Gasteiger partial charge in [0.1, 0.15) is 5.75 Å². The van der Waals surface area contributed by atoms with Gasteiger partial charge in [-0.25, -0.2) is 0 Å². The van der Waals surface area contributed by atoms with Crippen LogP contribution in [-0.2, 0) is 4.79 Å². The van der Waals surface area contributed by atoms with Crippen LogP contribution >= 0.6 is 0 Å². The molecule has 116 valence electrons. The van der Waals surface area contributed by atoms with Gasteiger partial charge in [-0.3, -0.25) is 4.79 Å². The number of nitrogen functional groups attached to an aromatic ring is 1. The van der Waals surface area contributed by atoms with Crippen molar-refractivity contribution in [2.24, 2.45) is 11.8 Å². The molecule has 21 heavy (non-hydrogen) atoms. The summed E-state index contributed by atoms with van der Waals surface area (Å²) in [5, 5.41) is 2.86. The van der Waals surface area contributed by atoms with Gasteiger partial charge in [0, 0.05) is 32.1 Å². The van der Waals surface area contributed by atoms with Gasteiger partial charge in [0.15, 0.2) is 0 Å². The summed E-state index contributed by atoms with van der Waals surface area (Å²) < 4.78 is 5.09. The Morgan fingerprint density at radius 3 is 2.62 bits per heavy atom. The molecule has 3 N–H and O–H groups in total. The first-order chi connectivity index (χ1) is 9.99. The maximum atomic E-state index is 12.0. The maximum absolute atomic E-state index is 12.0. The average molecular weight is 291 g/mol. The molecule has 0 saturated carbocycles. The first kappa shape index (κ1) is 15.6. The predicted octanol–water partition coefficient (Wildman–Crippen LogP) is 2.19. The molecule has 1 aromatic carbocycles. The van der Waals surface area contributed by atoms with E-state index in [0.717, 1.165) is 19.6 Å². The number of hydrogen-bond donors (Lipinski definition) is 2. The van der Waals surface area contributed by atoms with E-state index >= 15 is 0 Å². The summed E-state index contributed by atoms with van der Waals surface area (Å²) in [7, 11) is 1.59. The summed E-state index contributed by atoms with van der Waals surface area (Å²) in [5.41, 5.74) is 7.06. The minimum absolute atomic E-state index is 0.000858. The zero-order chi connectivity index (χ0) is 15.4. The Bertz CT molecular complexity index is 494. The van der Waals surface area contributed by atoms with Crippen LogP contribution in [0.3, 0.4) is 0 Å². The summed E-state index contributed by atoms with van der Waals surface area (Å²) in [6.07, 6.45) is 0.491. The minimum atomic E-state index is -0.000858. The molecule has 0 radical (unpaired) electrons. The van der Waals surface area contributed by atoms with E-state index in [4.69, 9.17) is 10.5 Å². The standard InChI is InChI=1S/C16H25N3O2/c1-11-9-19(10-12(11)2)7-6-16(20)18-15-5-4-13(21-3)8-14(15)17/h4-5,8,11-12H,6-7,9-10,17H2,1-3H3,(H,18,20). The highest BCUT2D eigenvalue weighted by Gasteiger charge is 2.25. The van der Waals surface area contributed by atoms with Gasteiger partial charge in [-0.05, 0) is 24.0 Å². The second-order valence-electron chi connectivity index (χ2n) is 5.97. The molecule has 5 heteroatoms. The molecule has 1 amide bonds. The second-order valence-corrected chi connectivity index (χ2v) is 5.97. The minimum Gasteiger partial charge on any atom is -0.497 e. The molecule has 2 rings (SSSR count). The van der Waals surface area contributed by atoms with Crippen molar-refractivity contribution in [3.63, 3.8) is 0 Å². The van der Waals surface area contributed by atoms with Crippen LogP contribution < -0.4 is 15.8 Å². The molecule has 5 nitrogen and oxygen atoms in total. The van der Waals surface area contributed by atoms with Gasteiger partial charge in [0.2, 0.25) is 5.91 Å². The number of hydrogen-bond acceptors (Lipinski definition) is 4. The highest BCUT2D eigenvalue weighted by atomic mass is 16.5. The van der Waals surface area contributed by atoms with Gasteiger partial charge in [0.05, 0.1) is 18.5 Å². The molecule has 0 bridgehead atoms. The zero-order valence-electron chi connectivity index (χ0n) is 13.1. The number of rotatable bonds is 5. The van der Waals surface area contributed by atoms with Gasteiger partial charge in [-0.15, -0.1) is 0 Å². The topological polar surface area (TPSA) is 67.6 Å². The van der Waals surface area contributed by atoms with Crippen molar-refractivity contribution in [2.75, 3.05) is 37.8 Å². The number of benzene rings is 1. The molecule has 1 aliphatic rings. The highest BCUT2D eigenvalue weighted by molar-refractivity contribution is 5.94. The zero-order valence-corrected chi connectivity index (χ0v) is 13.1. The van der Waals surface area contributed by atoms with Crippen molar-refractivity contribution >= 4 is 17.3 Å². The number of anilines is 2. The van der Waals surface area contributed by atoms with E-state index in [2.05, 4.69) is 24.1 Å². The quantitative estimate of drug-likeness (QED) is 0.816. The van der Waals surface area contributed by atoms with Crippen LogP contribution in [0, 0.1) is 11.8 Å². The van der Waals surface area contributed by atoms with E-state index in [1.54, 1.807) is 25.3 Å². The first-order valence-corrected chi connectivity index (χ1v) is 7.45. The van der Waals surface area contributed by atoms with Crippen molar-refractivity contribution in [1.29, 1.82) is 0 Å². The van der Waals surface area contributed by atoms with Crippen LogP contribution in [-0.4, -0.2) is 37.6 Å². The average Bonchev–Trinajstić information content (AvgIpc) is 2.78. The van der Waals surface area contributed by atoms with Gasteiger partial charge in [-0.2, -0.15) is 0 Å². The predicted molar refractivity (Wildman–Crippen MR) is 85.4 cm³/mol. The monoisotopic (exact) mass is 291 g/mol. The lowest BCUT2D eigenvalue weighted by Gasteiger charge is -2.15. The van der Waals surface area contributed by atoms with Crippen LogP contribution in [0.4, 0.5) is 11.4 Å². The summed E-state index contributed by atoms with van der Waals surface area (Å²) in [4.78, 5) is 14.4. The van der Waals surface area contributed by atoms with Crippen LogP contribution in [0.15, 0.2) is 18.2 Å². The molecule has 2 atom stereocenters. The number of carbonyl (C=O) groups excluding carboxylic acids is 1. The molecule has 1 aliphatic heterocycles. The van der Waals surface area contributed by atoms with Crippen LogP contribution in [0.5, 0.6) is 5.75 Å². The summed E-state index contributed by atoms with van der Waals surface area (Å²) in [6.45, 7) is 7.50. The van der Waals surface area contributed by atoms with Crippen molar-refractivity contribution in [3.05, 3.63) is 18.2 Å². The van der Waals surface area contributed by atoms with Crippen LogP contribution in [0.1, 0.15) is 20.3 Å². The lowest BCUT2D eigenvalue weighted by molar-refractivity contribution is -0.116. The Balaban J connectivity index is 1.82. The molecule has 1 aromatic rings. The molecular weight excluding hydrogens is 266 g/mol. The van der Waals surface area contributed by atoms with Crippen molar-refractivity contribution in [3.8, 4) is 5.75 Å². The Hall–Kier alpha value is -1.75. The molecule has 1 heterocycles. The molecule has 0 aliphatic carbocycles. The number of nitrogens with two attached hydrogens (primary N) is 1. The molecule has 1 saturated heterocycles. The number of nitrogens with one attached hydrogen (secondary N) is 1. The van der Waals surface area contributed by atoms with E-state index in [1.807, 2.05) is 0 Å². The summed E-state index contributed by atoms with van der Waals surface area (Å²) in [6, 6.07) is 5.27. The van der Waals surface area contributed by atoms with E-state index in [1.165, 1.54) is 0 Å². The molecule has 0 aromatic heterocycles. The fourth-order valence-corrected chi connectivity index (χ4v) is 2.69. The van der Waals surface area contributed by atoms with Gasteiger partial charge in [0.25, 0.3) is 0 Å². The Morgan fingerprint density at radius 1 is 1.38 bits per heavy atom. The SMILES string of the molecule is COc1ccc(NC(=O)CCN2CC(C)C(C)C2)c(N)c1. The van der Waals surface area contributed by atoms with E-state index in [-0.39, 0.29) is 5.91 Å². The van der Waals surface area contributed by atoms with E-state index in [0.29, 0.717) is 35.4 Å². The fraction of sp³-hybridized carbons (Fsp3) is 0.562. The third-order valence-corrected chi connectivity index (χ3v) is 4.25. The van der Waals surface area contributed by atoms with Gasteiger partial charge >= 0.3 is 0 Å². The van der Waals surface area contributed by atoms with Crippen molar-refractivity contribution in [1.82, 2.24) is 4.90 Å². The normalized spacial score (nSPS) is 22.2. The highest BCUT2D eigenvalue weighted by Crippen LogP contribution is 2.25. The summed E-state index contributed by atoms with van der Waals surface area (Å²) in [5.74, 6) is 2.11. The second kappa shape index (κ2) is 6.80. The Morgan fingerprint density at radius 2 is 2.05 bits per heavy atom. The van der Waals surface area contributed by atoms with Crippen molar-refractivity contribution in [2.45, 2.75) is 20.3 Å². The third kappa shape index (κ3) is 4.11. The molecule has 0 spiro atoms. The first-order valence-electron chi connectivity index (χ1n) is 7.45. The number of nitrogens with zero attached hydrogens (tertiary/aromatic N) is 1. The number of methoxy groups -OCH3 is 1. The van der Waals surface area contributed by atoms with Gasteiger partial charge in [-0.1, -0.05) is 13.8 Å². The number of carbonyl (C=O) groups is 1. The smallest absolute Gasteiger partial charge is 0.225 e. The number of ether oxygens (including phenoxy) is 1. The Kier molecular flexibility index (Phi) is 5.07.